The molecule has 0 spiro atoms. The maximum Gasteiger partial charge on any atom is 0.279 e. The molecule has 2 rings (SSSR count). The lowest BCUT2D eigenvalue weighted by atomic mass is 10.0. The Morgan fingerprint density at radius 2 is 1.89 bits per heavy atom. The zero-order chi connectivity index (χ0) is 13.9. The molecule has 0 atom stereocenters. The first-order valence-corrected chi connectivity index (χ1v) is 7.11. The molecule has 0 aliphatic carbocycles. The van der Waals surface area contributed by atoms with E-state index in [4.69, 9.17) is 0 Å². The van der Waals surface area contributed by atoms with Gasteiger partial charge in [-0.2, -0.15) is 4.99 Å². The van der Waals surface area contributed by atoms with Crippen LogP contribution in [0.1, 0.15) is 37.0 Å². The molecular formula is C14H16N2O2S. The summed E-state index contributed by atoms with van der Waals surface area (Å²) in [4.78, 5) is 27.9. The van der Waals surface area contributed by atoms with Gasteiger partial charge >= 0.3 is 0 Å². The van der Waals surface area contributed by atoms with Gasteiger partial charge in [0.2, 0.25) is 5.91 Å². The van der Waals surface area contributed by atoms with Gasteiger partial charge in [-0.3, -0.25) is 9.59 Å². The second-order valence-corrected chi connectivity index (χ2v) is 5.72. The van der Waals surface area contributed by atoms with Crippen LogP contribution in [-0.4, -0.2) is 21.7 Å². The Balaban J connectivity index is 2.19. The molecule has 5 heteroatoms. The fraction of sp³-hybridized carbons (Fsp3) is 0.357. The van der Waals surface area contributed by atoms with Gasteiger partial charge in [0.1, 0.15) is 4.75 Å². The van der Waals surface area contributed by atoms with Crippen LogP contribution in [0.3, 0.4) is 0 Å². The van der Waals surface area contributed by atoms with Crippen molar-refractivity contribution in [2.24, 2.45) is 4.99 Å². The Hall–Kier alpha value is -1.62. The van der Waals surface area contributed by atoms with Crippen molar-refractivity contribution in [3.8, 4) is 0 Å². The molecule has 1 aliphatic heterocycles. The van der Waals surface area contributed by atoms with E-state index in [9.17, 15) is 9.59 Å². The lowest BCUT2D eigenvalue weighted by Crippen LogP contribution is -2.35. The predicted molar refractivity (Wildman–Crippen MR) is 77.3 cm³/mol. The third-order valence-corrected chi connectivity index (χ3v) is 4.83. The summed E-state index contributed by atoms with van der Waals surface area (Å²) in [7, 11) is 0. The molecule has 0 aromatic heterocycles. The van der Waals surface area contributed by atoms with Crippen molar-refractivity contribution < 1.29 is 9.59 Å². The van der Waals surface area contributed by atoms with Crippen LogP contribution < -0.4 is 5.32 Å². The van der Waals surface area contributed by atoms with Crippen molar-refractivity contribution >= 4 is 28.7 Å². The van der Waals surface area contributed by atoms with E-state index in [1.165, 1.54) is 11.8 Å². The van der Waals surface area contributed by atoms with Crippen LogP contribution >= 0.6 is 11.8 Å². The third-order valence-electron chi connectivity index (χ3n) is 3.29. The summed E-state index contributed by atoms with van der Waals surface area (Å²) in [6.07, 6.45) is 1.44. The zero-order valence-electron chi connectivity index (χ0n) is 11.0. The van der Waals surface area contributed by atoms with E-state index in [-0.39, 0.29) is 11.8 Å². The minimum atomic E-state index is -0.476. The molecular weight excluding hydrogens is 260 g/mol. The van der Waals surface area contributed by atoms with E-state index in [2.05, 4.69) is 10.3 Å². The second-order valence-electron chi connectivity index (χ2n) is 4.35. The van der Waals surface area contributed by atoms with Gasteiger partial charge in [0.05, 0.1) is 0 Å². The predicted octanol–water partition coefficient (Wildman–Crippen LogP) is 2.60. The Bertz CT molecular complexity index is 522. The monoisotopic (exact) mass is 276 g/mol. The number of amidine groups is 1. The Labute approximate surface area is 116 Å². The Morgan fingerprint density at radius 3 is 2.42 bits per heavy atom. The van der Waals surface area contributed by atoms with Crippen LogP contribution in [0.2, 0.25) is 0 Å². The summed E-state index contributed by atoms with van der Waals surface area (Å²) in [5.74, 6) is -0.381. The highest BCUT2D eigenvalue weighted by Crippen LogP contribution is 2.37. The highest BCUT2D eigenvalue weighted by molar-refractivity contribution is 8.16. The fourth-order valence-corrected chi connectivity index (χ4v) is 3.05. The number of benzene rings is 1. The van der Waals surface area contributed by atoms with Crippen molar-refractivity contribution in [3.05, 3.63) is 35.9 Å². The van der Waals surface area contributed by atoms with Crippen LogP contribution in [-0.2, 0) is 4.79 Å². The summed E-state index contributed by atoms with van der Waals surface area (Å²) in [5, 5.41) is 3.11. The molecule has 1 fully saturated rings. The normalized spacial score (nSPS) is 19.5. The molecule has 19 heavy (non-hydrogen) atoms. The number of nitrogens with zero attached hydrogens (tertiary/aromatic N) is 1. The zero-order valence-corrected chi connectivity index (χ0v) is 11.8. The van der Waals surface area contributed by atoms with Gasteiger partial charge in [-0.25, -0.2) is 0 Å². The van der Waals surface area contributed by atoms with Crippen molar-refractivity contribution in [2.75, 3.05) is 0 Å². The first-order chi connectivity index (χ1) is 9.11. The number of nitrogens with one attached hydrogen (secondary N) is 1. The van der Waals surface area contributed by atoms with Gasteiger partial charge in [0, 0.05) is 5.56 Å². The number of hydrogen-bond donors (Lipinski definition) is 1. The Kier molecular flexibility index (Phi) is 4.04. The molecule has 4 nitrogen and oxygen atoms in total. The molecule has 1 saturated heterocycles. The number of carbonyl (C=O) groups excluding carboxylic acids is 2. The van der Waals surface area contributed by atoms with Crippen LogP contribution in [0.4, 0.5) is 0 Å². The maximum absolute atomic E-state index is 12.0. The van der Waals surface area contributed by atoms with Crippen molar-refractivity contribution in [3.63, 3.8) is 0 Å². The van der Waals surface area contributed by atoms with Crippen LogP contribution in [0.25, 0.3) is 0 Å². The van der Waals surface area contributed by atoms with E-state index in [1.54, 1.807) is 24.3 Å². The van der Waals surface area contributed by atoms with Crippen molar-refractivity contribution in [1.82, 2.24) is 5.32 Å². The van der Waals surface area contributed by atoms with Crippen LogP contribution in [0.5, 0.6) is 0 Å². The van der Waals surface area contributed by atoms with Gasteiger partial charge < -0.3 is 5.32 Å². The maximum atomic E-state index is 12.0. The molecule has 1 aliphatic rings. The first-order valence-electron chi connectivity index (χ1n) is 6.30. The van der Waals surface area contributed by atoms with E-state index < -0.39 is 4.75 Å². The summed E-state index contributed by atoms with van der Waals surface area (Å²) in [5.41, 5.74) is 0.523. The fourth-order valence-electron chi connectivity index (χ4n) is 1.97. The lowest BCUT2D eigenvalue weighted by molar-refractivity contribution is -0.121. The first kappa shape index (κ1) is 13.8. The summed E-state index contributed by atoms with van der Waals surface area (Å²) in [6, 6.07) is 8.84. The molecule has 0 radical (unpaired) electrons. The molecule has 1 heterocycles. The molecule has 1 aromatic rings. The number of hydrogen-bond acceptors (Lipinski definition) is 3. The summed E-state index contributed by atoms with van der Waals surface area (Å²) >= 11 is 1.36. The quantitative estimate of drug-likeness (QED) is 0.923. The standard InChI is InChI=1S/C14H16N2O2S/c1-3-14(4-2)12(18)16-13(19-14)15-11(17)10-8-6-5-7-9-10/h5-9H,3-4H2,1-2H3,(H,15,16,17,18). The molecule has 0 bridgehead atoms. The topological polar surface area (TPSA) is 58.5 Å². The van der Waals surface area contributed by atoms with E-state index >= 15 is 0 Å². The van der Waals surface area contributed by atoms with Gasteiger partial charge in [0.25, 0.3) is 5.91 Å². The smallest absolute Gasteiger partial charge is 0.279 e. The largest absolute Gasteiger partial charge is 0.304 e. The Morgan fingerprint density at radius 1 is 1.26 bits per heavy atom. The molecule has 0 unspecified atom stereocenters. The number of carbonyl (C=O) groups is 2. The summed E-state index contributed by atoms with van der Waals surface area (Å²) < 4.78 is -0.476. The number of aliphatic imine (C=N–C) groups is 1. The highest BCUT2D eigenvalue weighted by atomic mass is 32.2. The second kappa shape index (κ2) is 5.57. The van der Waals surface area contributed by atoms with Gasteiger partial charge in [-0.1, -0.05) is 43.8 Å². The van der Waals surface area contributed by atoms with E-state index in [0.29, 0.717) is 10.7 Å². The van der Waals surface area contributed by atoms with Gasteiger partial charge in [-0.05, 0) is 25.0 Å². The lowest BCUT2D eigenvalue weighted by Gasteiger charge is -2.19. The van der Waals surface area contributed by atoms with Crippen molar-refractivity contribution in [1.29, 1.82) is 0 Å². The molecule has 0 saturated carbocycles. The number of amides is 2. The van der Waals surface area contributed by atoms with Crippen LogP contribution in [0.15, 0.2) is 35.3 Å². The summed E-state index contributed by atoms with van der Waals surface area (Å²) in [6.45, 7) is 3.94. The minimum Gasteiger partial charge on any atom is -0.304 e. The molecule has 100 valence electrons. The third kappa shape index (κ3) is 2.71. The van der Waals surface area contributed by atoms with Crippen molar-refractivity contribution in [2.45, 2.75) is 31.4 Å². The average molecular weight is 276 g/mol. The van der Waals surface area contributed by atoms with Gasteiger partial charge in [0.15, 0.2) is 5.17 Å². The molecule has 1 N–H and O–H groups in total. The highest BCUT2D eigenvalue weighted by Gasteiger charge is 2.43. The average Bonchev–Trinajstić information content (AvgIpc) is 2.76. The van der Waals surface area contributed by atoms with Crippen LogP contribution in [0, 0.1) is 0 Å². The molecule has 2 amide bonds. The minimum absolute atomic E-state index is 0.0536. The van der Waals surface area contributed by atoms with E-state index in [1.807, 2.05) is 19.9 Å². The number of thioether (sulfide) groups is 1. The van der Waals surface area contributed by atoms with Gasteiger partial charge in [-0.15, -0.1) is 0 Å². The molecule has 1 aromatic carbocycles. The number of rotatable bonds is 3. The van der Waals surface area contributed by atoms with E-state index in [0.717, 1.165) is 12.8 Å². The SMILES string of the molecule is CCC1(CC)SC(=NC(=O)c2ccccc2)NC1=O.